The molecule has 1 amide bonds. The number of para-hydroxylation sites is 1. The predicted octanol–water partition coefficient (Wildman–Crippen LogP) is 2.98. The molecule has 4 aromatic rings. The average Bonchev–Trinajstić information content (AvgIpc) is 3.11. The van der Waals surface area contributed by atoms with Crippen molar-refractivity contribution in [3.8, 4) is 0 Å². The number of carbonyl (C=O) groups excluding carboxylic acids is 1. The van der Waals surface area contributed by atoms with E-state index in [4.69, 9.17) is 0 Å². The number of fused-ring (bicyclic) bond motifs is 4. The Hall–Kier alpha value is -3.34. The Morgan fingerprint density at radius 3 is 2.65 bits per heavy atom. The van der Waals surface area contributed by atoms with Gasteiger partial charge in [-0.15, -0.1) is 0 Å². The third kappa shape index (κ3) is 2.24. The lowest BCUT2D eigenvalue weighted by molar-refractivity contribution is 0.0735. The molecule has 0 saturated heterocycles. The number of hydrogen-bond acceptors (Lipinski definition) is 2. The van der Waals surface area contributed by atoms with Gasteiger partial charge < -0.3 is 14.3 Å². The lowest BCUT2D eigenvalue weighted by Gasteiger charge is -2.28. The third-order valence-corrected chi connectivity index (χ3v) is 5.13. The van der Waals surface area contributed by atoms with Gasteiger partial charge in [0.2, 0.25) is 0 Å². The molecule has 26 heavy (non-hydrogen) atoms. The van der Waals surface area contributed by atoms with Crippen molar-refractivity contribution in [1.29, 1.82) is 0 Å². The van der Waals surface area contributed by atoms with Crippen LogP contribution in [0.15, 0.2) is 65.6 Å². The Balaban J connectivity index is 1.56. The number of aromatic nitrogens is 2. The molecule has 5 heteroatoms. The smallest absolute Gasteiger partial charge is 0.258 e. The second-order valence-corrected chi connectivity index (χ2v) is 6.70. The summed E-state index contributed by atoms with van der Waals surface area (Å²) in [7, 11) is 0. The molecule has 0 radical (unpaired) electrons. The summed E-state index contributed by atoms with van der Waals surface area (Å²) >= 11 is 0. The first-order valence-corrected chi connectivity index (χ1v) is 8.70. The van der Waals surface area contributed by atoms with Crippen molar-refractivity contribution >= 4 is 22.5 Å². The number of amides is 1. The van der Waals surface area contributed by atoms with Crippen LogP contribution in [0.3, 0.4) is 0 Å². The van der Waals surface area contributed by atoms with Gasteiger partial charge in [0.25, 0.3) is 11.5 Å². The second kappa shape index (κ2) is 5.59. The summed E-state index contributed by atoms with van der Waals surface area (Å²) in [5.74, 6) is -0.00636. The van der Waals surface area contributed by atoms with E-state index in [-0.39, 0.29) is 11.5 Å². The molecule has 0 fully saturated rings. The Labute approximate surface area is 149 Å². The molecule has 1 aliphatic heterocycles. The van der Waals surface area contributed by atoms with E-state index in [0.29, 0.717) is 29.7 Å². The van der Waals surface area contributed by atoms with E-state index in [0.717, 1.165) is 11.9 Å². The summed E-state index contributed by atoms with van der Waals surface area (Å²) in [6.45, 7) is 1.33. The predicted molar refractivity (Wildman–Crippen MR) is 100 cm³/mol. The molecule has 1 aliphatic rings. The van der Waals surface area contributed by atoms with Gasteiger partial charge >= 0.3 is 0 Å². The molecule has 0 unspecified atom stereocenters. The molecule has 0 saturated carbocycles. The van der Waals surface area contributed by atoms with E-state index in [9.17, 15) is 9.59 Å². The number of H-pyrrole nitrogens is 1. The molecule has 0 spiro atoms. The minimum Gasteiger partial charge on any atom is -0.334 e. The number of nitrogens with one attached hydrogen (secondary N) is 1. The molecule has 0 bridgehead atoms. The molecule has 5 nitrogen and oxygen atoms in total. The molecule has 1 N–H and O–H groups in total. The van der Waals surface area contributed by atoms with Gasteiger partial charge in [-0.25, -0.2) is 0 Å². The van der Waals surface area contributed by atoms with Crippen molar-refractivity contribution in [3.63, 3.8) is 0 Å². The molecule has 2 aromatic heterocycles. The first kappa shape index (κ1) is 15.0. The van der Waals surface area contributed by atoms with Gasteiger partial charge in [-0.3, -0.25) is 9.59 Å². The van der Waals surface area contributed by atoms with Crippen molar-refractivity contribution in [1.82, 2.24) is 14.3 Å². The fourth-order valence-electron chi connectivity index (χ4n) is 3.79. The van der Waals surface area contributed by atoms with Crippen LogP contribution >= 0.6 is 0 Å². The zero-order valence-electron chi connectivity index (χ0n) is 14.1. The molecular weight excluding hydrogens is 326 g/mol. The molecule has 2 aromatic carbocycles. The lowest BCUT2D eigenvalue weighted by atomic mass is 9.99. The summed E-state index contributed by atoms with van der Waals surface area (Å²) in [4.78, 5) is 30.0. The highest BCUT2D eigenvalue weighted by Crippen LogP contribution is 2.22. The van der Waals surface area contributed by atoms with Gasteiger partial charge in [-0.1, -0.05) is 36.4 Å². The molecular formula is C21H17N3O2. The zero-order chi connectivity index (χ0) is 17.7. The number of carbonyl (C=O) groups is 1. The molecule has 0 aliphatic carbocycles. The van der Waals surface area contributed by atoms with Crippen LogP contribution in [0.5, 0.6) is 0 Å². The minimum atomic E-state index is -0.142. The van der Waals surface area contributed by atoms with E-state index < -0.39 is 0 Å². The van der Waals surface area contributed by atoms with Crippen LogP contribution < -0.4 is 5.56 Å². The lowest BCUT2D eigenvalue weighted by Crippen LogP contribution is -2.35. The van der Waals surface area contributed by atoms with E-state index in [1.807, 2.05) is 45.8 Å². The molecule has 3 heterocycles. The Bertz CT molecular complexity index is 1220. The van der Waals surface area contributed by atoms with Gasteiger partial charge in [-0.2, -0.15) is 0 Å². The maximum atomic E-state index is 13.0. The highest BCUT2D eigenvalue weighted by atomic mass is 16.2. The standard InChI is InChI=1S/C21H17N3O2/c25-20-17-7-3-4-8-18(17)24-13-16(11-19(24)22-20)21(26)23-10-9-14-5-1-2-6-15(14)12-23/h1-8,11,13H,9-10,12H2,(H,22,25). The maximum absolute atomic E-state index is 13.0. The van der Waals surface area contributed by atoms with Crippen LogP contribution in [0.1, 0.15) is 21.5 Å². The van der Waals surface area contributed by atoms with Crippen molar-refractivity contribution in [3.05, 3.63) is 87.8 Å². The van der Waals surface area contributed by atoms with Crippen LogP contribution in [-0.2, 0) is 13.0 Å². The Morgan fingerprint density at radius 1 is 1.00 bits per heavy atom. The number of benzene rings is 2. The monoisotopic (exact) mass is 343 g/mol. The van der Waals surface area contributed by atoms with Gasteiger partial charge in [0.05, 0.1) is 16.5 Å². The molecule has 5 rings (SSSR count). The maximum Gasteiger partial charge on any atom is 0.258 e. The van der Waals surface area contributed by atoms with Gasteiger partial charge in [0, 0.05) is 19.3 Å². The van der Waals surface area contributed by atoms with Gasteiger partial charge in [0.15, 0.2) is 0 Å². The van der Waals surface area contributed by atoms with E-state index in [1.165, 1.54) is 11.1 Å². The number of hydrogen-bond donors (Lipinski definition) is 1. The molecule has 128 valence electrons. The Morgan fingerprint density at radius 2 is 1.77 bits per heavy atom. The van der Waals surface area contributed by atoms with E-state index in [1.54, 1.807) is 12.1 Å². The van der Waals surface area contributed by atoms with E-state index >= 15 is 0 Å². The third-order valence-electron chi connectivity index (χ3n) is 5.13. The van der Waals surface area contributed by atoms with Gasteiger partial charge in [-0.05, 0) is 35.7 Å². The fourth-order valence-corrected chi connectivity index (χ4v) is 3.79. The van der Waals surface area contributed by atoms with Crippen LogP contribution in [-0.4, -0.2) is 26.7 Å². The first-order chi connectivity index (χ1) is 12.7. The highest BCUT2D eigenvalue weighted by Gasteiger charge is 2.23. The van der Waals surface area contributed by atoms with Crippen molar-refractivity contribution in [2.75, 3.05) is 6.54 Å². The van der Waals surface area contributed by atoms with Gasteiger partial charge in [0.1, 0.15) is 5.65 Å². The van der Waals surface area contributed by atoms with Crippen LogP contribution in [0.4, 0.5) is 0 Å². The number of nitrogens with zero attached hydrogens (tertiary/aromatic N) is 2. The summed E-state index contributed by atoms with van der Waals surface area (Å²) < 4.78 is 1.88. The summed E-state index contributed by atoms with van der Waals surface area (Å²) in [5.41, 5.74) is 4.40. The Kier molecular flexibility index (Phi) is 3.22. The average molecular weight is 343 g/mol. The highest BCUT2D eigenvalue weighted by molar-refractivity contribution is 5.96. The largest absolute Gasteiger partial charge is 0.334 e. The van der Waals surface area contributed by atoms with Crippen molar-refractivity contribution in [2.45, 2.75) is 13.0 Å². The van der Waals surface area contributed by atoms with Crippen LogP contribution in [0.2, 0.25) is 0 Å². The SMILES string of the molecule is O=C(c1cc2[nH]c(=O)c3ccccc3n2c1)N1CCc2ccccc2C1. The zero-order valence-corrected chi connectivity index (χ0v) is 14.1. The van der Waals surface area contributed by atoms with Crippen LogP contribution in [0, 0.1) is 0 Å². The second-order valence-electron chi connectivity index (χ2n) is 6.70. The number of rotatable bonds is 1. The number of aromatic amines is 1. The topological polar surface area (TPSA) is 57.6 Å². The minimum absolute atomic E-state index is 0.00636. The van der Waals surface area contributed by atoms with Crippen molar-refractivity contribution in [2.24, 2.45) is 0 Å². The summed E-state index contributed by atoms with van der Waals surface area (Å²) in [5, 5.41) is 0.612. The van der Waals surface area contributed by atoms with E-state index in [2.05, 4.69) is 17.1 Å². The fraction of sp³-hybridized carbons (Fsp3) is 0.143. The normalized spacial score (nSPS) is 13.9. The first-order valence-electron chi connectivity index (χ1n) is 8.70. The van der Waals surface area contributed by atoms with Crippen LogP contribution in [0.25, 0.3) is 16.6 Å². The summed E-state index contributed by atoms with van der Waals surface area (Å²) in [6, 6.07) is 17.4. The molecule has 0 atom stereocenters. The van der Waals surface area contributed by atoms with Crippen molar-refractivity contribution < 1.29 is 4.79 Å². The summed E-state index contributed by atoms with van der Waals surface area (Å²) in [6.07, 6.45) is 2.69. The quantitative estimate of drug-likeness (QED) is 0.578.